The molecule has 4 heterocycles. The Morgan fingerprint density at radius 3 is 2.70 bits per heavy atom. The number of fused-ring (bicyclic) bond motifs is 3. The van der Waals surface area contributed by atoms with E-state index in [9.17, 15) is 9.59 Å². The minimum atomic E-state index is -0.504. The van der Waals surface area contributed by atoms with Gasteiger partial charge >= 0.3 is 0 Å². The molecule has 0 radical (unpaired) electrons. The number of halogens is 2. The standard InChI is InChI=1S/C23H23Cl2N5O3/c1-2-12-5-6-17-19-18(22(31)29-28-19)23(32)30(15-9-13(24)8-14(25)10-15)21(17)27-20(12)26-11-16-4-3-7-33-16/h6,8-10,12,16H,2-5,7,11H2,1H3,(H2,28,29,31). The SMILES string of the molecule is CCC1CC=c2c(n(-c3cc(Cl)cc(Cl)c3)c(=O)c3c(=O)[nH][nH]c23)=NC1=NCC1CCCO1. The van der Waals surface area contributed by atoms with Crippen LogP contribution >= 0.6 is 23.2 Å². The van der Waals surface area contributed by atoms with Crippen LogP contribution in [0.15, 0.2) is 37.8 Å². The molecule has 1 fully saturated rings. The zero-order valence-corrected chi connectivity index (χ0v) is 19.5. The molecule has 2 aliphatic rings. The van der Waals surface area contributed by atoms with Gasteiger partial charge in [0.05, 0.1) is 23.9 Å². The zero-order chi connectivity index (χ0) is 23.1. The highest BCUT2D eigenvalue weighted by atomic mass is 35.5. The van der Waals surface area contributed by atoms with Gasteiger partial charge < -0.3 is 4.74 Å². The molecule has 33 heavy (non-hydrogen) atoms. The van der Waals surface area contributed by atoms with E-state index >= 15 is 0 Å². The van der Waals surface area contributed by atoms with Gasteiger partial charge in [-0.1, -0.05) is 36.2 Å². The first kappa shape index (κ1) is 22.1. The Hall–Kier alpha value is -2.68. The molecule has 2 aliphatic heterocycles. The normalized spacial score (nSPS) is 21.6. The third kappa shape index (κ3) is 4.07. The predicted octanol–water partition coefficient (Wildman–Crippen LogP) is 2.72. The molecular formula is C23H23Cl2N5O3. The summed E-state index contributed by atoms with van der Waals surface area (Å²) in [5.74, 6) is 0.743. The van der Waals surface area contributed by atoms with Gasteiger partial charge in [-0.15, -0.1) is 0 Å². The number of H-pyrrole nitrogens is 2. The minimum Gasteiger partial charge on any atom is -0.376 e. The van der Waals surface area contributed by atoms with Crippen LogP contribution < -0.4 is 21.8 Å². The number of aliphatic imine (C=N–C) groups is 1. The molecule has 0 aliphatic carbocycles. The average molecular weight is 488 g/mol. The van der Waals surface area contributed by atoms with Crippen LogP contribution in [0.4, 0.5) is 0 Å². The number of nitrogens with one attached hydrogen (secondary N) is 2. The van der Waals surface area contributed by atoms with Crippen LogP contribution in [-0.4, -0.2) is 39.9 Å². The van der Waals surface area contributed by atoms with Gasteiger partial charge in [0.25, 0.3) is 11.1 Å². The van der Waals surface area contributed by atoms with E-state index < -0.39 is 11.1 Å². The fourth-order valence-corrected chi connectivity index (χ4v) is 4.99. The fraction of sp³-hybridized carbons (Fsp3) is 0.391. The number of ether oxygens (including phenoxy) is 1. The molecule has 172 valence electrons. The highest BCUT2D eigenvalue weighted by Crippen LogP contribution is 2.21. The third-order valence-electron chi connectivity index (χ3n) is 6.19. The van der Waals surface area contributed by atoms with Crippen molar-refractivity contribution in [3.05, 3.63) is 59.7 Å². The van der Waals surface area contributed by atoms with Crippen LogP contribution in [0.2, 0.25) is 10.0 Å². The van der Waals surface area contributed by atoms with Crippen LogP contribution in [-0.2, 0) is 4.74 Å². The number of hydrogen-bond acceptors (Lipinski definition) is 4. The first-order chi connectivity index (χ1) is 16.0. The number of benzene rings is 1. The maximum Gasteiger partial charge on any atom is 0.277 e. The number of nitrogens with zero attached hydrogens (tertiary/aromatic N) is 3. The first-order valence-electron chi connectivity index (χ1n) is 11.0. The number of pyridine rings is 1. The largest absolute Gasteiger partial charge is 0.376 e. The third-order valence-corrected chi connectivity index (χ3v) is 6.62. The maximum absolute atomic E-state index is 13.5. The maximum atomic E-state index is 13.5. The van der Waals surface area contributed by atoms with E-state index in [-0.39, 0.29) is 17.4 Å². The molecule has 2 aromatic heterocycles. The van der Waals surface area contributed by atoms with Crippen molar-refractivity contribution in [2.24, 2.45) is 15.9 Å². The number of hydrogen-bond donors (Lipinski definition) is 2. The number of aromatic nitrogens is 3. The highest BCUT2D eigenvalue weighted by Gasteiger charge is 2.22. The Morgan fingerprint density at radius 1 is 1.21 bits per heavy atom. The van der Waals surface area contributed by atoms with Crippen molar-refractivity contribution in [2.45, 2.75) is 38.7 Å². The van der Waals surface area contributed by atoms with Crippen molar-refractivity contribution in [3.8, 4) is 5.69 Å². The second-order valence-corrected chi connectivity index (χ2v) is 9.20. The predicted molar refractivity (Wildman–Crippen MR) is 129 cm³/mol. The first-order valence-corrected chi connectivity index (χ1v) is 11.8. The van der Waals surface area contributed by atoms with E-state index in [1.807, 2.05) is 6.08 Å². The van der Waals surface area contributed by atoms with Crippen molar-refractivity contribution < 1.29 is 4.74 Å². The Kier molecular flexibility index (Phi) is 5.99. The van der Waals surface area contributed by atoms with Gasteiger partial charge in [0.2, 0.25) is 0 Å². The molecule has 2 unspecified atom stereocenters. The van der Waals surface area contributed by atoms with E-state index in [0.717, 1.165) is 25.9 Å². The number of rotatable bonds is 4. The van der Waals surface area contributed by atoms with Gasteiger partial charge in [-0.25, -0.2) is 4.99 Å². The van der Waals surface area contributed by atoms with Gasteiger partial charge in [-0.2, -0.15) is 0 Å². The number of aromatic amines is 2. The lowest BCUT2D eigenvalue weighted by Crippen LogP contribution is -2.44. The second-order valence-electron chi connectivity index (χ2n) is 8.33. The Morgan fingerprint density at radius 2 is 2.00 bits per heavy atom. The summed E-state index contributed by atoms with van der Waals surface area (Å²) in [5, 5.41) is 6.83. The molecule has 2 N–H and O–H groups in total. The van der Waals surface area contributed by atoms with E-state index in [1.165, 1.54) is 4.57 Å². The molecule has 8 nitrogen and oxygen atoms in total. The van der Waals surface area contributed by atoms with Crippen molar-refractivity contribution in [2.75, 3.05) is 13.2 Å². The molecule has 0 saturated carbocycles. The molecule has 5 rings (SSSR count). The summed E-state index contributed by atoms with van der Waals surface area (Å²) in [6.07, 6.45) is 5.62. The fourth-order valence-electron chi connectivity index (χ4n) is 4.48. The van der Waals surface area contributed by atoms with Gasteiger partial charge in [-0.3, -0.25) is 29.3 Å². The zero-order valence-electron chi connectivity index (χ0n) is 18.0. The van der Waals surface area contributed by atoms with Gasteiger partial charge in [-0.05, 0) is 43.9 Å². The Labute approximate surface area is 198 Å². The molecule has 3 aromatic rings. The molecule has 1 aromatic carbocycles. The summed E-state index contributed by atoms with van der Waals surface area (Å²) >= 11 is 12.5. The molecule has 10 heteroatoms. The van der Waals surface area contributed by atoms with Crippen molar-refractivity contribution in [1.82, 2.24) is 14.8 Å². The summed E-state index contributed by atoms with van der Waals surface area (Å²) in [4.78, 5) is 35.8. The molecule has 0 bridgehead atoms. The molecule has 0 amide bonds. The lowest BCUT2D eigenvalue weighted by Gasteiger charge is -2.13. The van der Waals surface area contributed by atoms with Crippen LogP contribution in [0.5, 0.6) is 0 Å². The van der Waals surface area contributed by atoms with Crippen molar-refractivity contribution in [3.63, 3.8) is 0 Å². The van der Waals surface area contributed by atoms with E-state index in [4.69, 9.17) is 37.9 Å². The van der Waals surface area contributed by atoms with Gasteiger partial charge in [0.15, 0.2) is 5.49 Å². The highest BCUT2D eigenvalue weighted by molar-refractivity contribution is 6.34. The average Bonchev–Trinajstić information content (AvgIpc) is 3.39. The smallest absolute Gasteiger partial charge is 0.277 e. The number of amidine groups is 1. The molecule has 2 atom stereocenters. The minimum absolute atomic E-state index is 0.0316. The molecule has 0 spiro atoms. The molecular weight excluding hydrogens is 465 g/mol. The Bertz CT molecular complexity index is 1470. The summed E-state index contributed by atoms with van der Waals surface area (Å²) < 4.78 is 7.13. The van der Waals surface area contributed by atoms with Gasteiger partial charge in [0, 0.05) is 27.8 Å². The van der Waals surface area contributed by atoms with Gasteiger partial charge in [0.1, 0.15) is 11.2 Å². The lowest BCUT2D eigenvalue weighted by atomic mass is 10.0. The summed E-state index contributed by atoms with van der Waals surface area (Å²) in [7, 11) is 0. The Balaban J connectivity index is 1.84. The summed E-state index contributed by atoms with van der Waals surface area (Å²) in [5.41, 5.74) is 0.264. The second kappa shape index (κ2) is 8.93. The summed E-state index contributed by atoms with van der Waals surface area (Å²) in [6.45, 7) is 3.37. The van der Waals surface area contributed by atoms with E-state index in [2.05, 4.69) is 17.1 Å². The molecule has 1 saturated heterocycles. The summed E-state index contributed by atoms with van der Waals surface area (Å²) in [6, 6.07) is 4.84. The van der Waals surface area contributed by atoms with Crippen LogP contribution in [0, 0.1) is 5.92 Å². The van der Waals surface area contributed by atoms with E-state index in [1.54, 1.807) is 18.2 Å². The van der Waals surface area contributed by atoms with Crippen LogP contribution in [0.1, 0.15) is 32.6 Å². The van der Waals surface area contributed by atoms with E-state index in [0.29, 0.717) is 50.8 Å². The quantitative estimate of drug-likeness (QED) is 0.590. The van der Waals surface area contributed by atoms with Crippen LogP contribution in [0.25, 0.3) is 22.7 Å². The lowest BCUT2D eigenvalue weighted by molar-refractivity contribution is 0.117. The van der Waals surface area contributed by atoms with Crippen molar-refractivity contribution in [1.29, 1.82) is 0 Å². The van der Waals surface area contributed by atoms with Crippen LogP contribution in [0.3, 0.4) is 0 Å². The monoisotopic (exact) mass is 487 g/mol. The van der Waals surface area contributed by atoms with Crippen molar-refractivity contribution >= 4 is 46.0 Å². The topological polar surface area (TPSA) is 105 Å².